The lowest BCUT2D eigenvalue weighted by Gasteiger charge is -2.12. The van der Waals surface area contributed by atoms with Gasteiger partial charge in [0, 0.05) is 5.02 Å². The van der Waals surface area contributed by atoms with Crippen LogP contribution in [0.1, 0.15) is 11.1 Å². The second-order valence-electron chi connectivity index (χ2n) is 7.50. The molecule has 35 heavy (non-hydrogen) atoms. The zero-order valence-corrected chi connectivity index (χ0v) is 20.3. The minimum Gasteiger partial charge on any atom is -0.495 e. The number of rotatable bonds is 8. The van der Waals surface area contributed by atoms with Crippen LogP contribution in [0.25, 0.3) is 6.08 Å². The van der Waals surface area contributed by atoms with E-state index in [0.29, 0.717) is 27.1 Å². The van der Waals surface area contributed by atoms with Crippen molar-refractivity contribution in [3.63, 3.8) is 0 Å². The van der Waals surface area contributed by atoms with Crippen LogP contribution in [0, 0.1) is 0 Å². The first-order valence-electron chi connectivity index (χ1n) is 10.6. The summed E-state index contributed by atoms with van der Waals surface area (Å²) in [4.78, 5) is 38.9. The van der Waals surface area contributed by atoms with E-state index < -0.39 is 0 Å². The molecule has 1 aliphatic heterocycles. The van der Waals surface area contributed by atoms with Gasteiger partial charge >= 0.3 is 0 Å². The van der Waals surface area contributed by atoms with E-state index in [2.05, 4.69) is 5.32 Å². The summed E-state index contributed by atoms with van der Waals surface area (Å²) in [6, 6.07) is 21.0. The number of amides is 3. The summed E-state index contributed by atoms with van der Waals surface area (Å²) >= 11 is 6.89. The number of para-hydroxylation sites is 2. The predicted molar refractivity (Wildman–Crippen MR) is 137 cm³/mol. The number of nitrogens with one attached hydrogen (secondary N) is 1. The van der Waals surface area contributed by atoms with Crippen LogP contribution >= 0.6 is 23.4 Å². The fourth-order valence-corrected chi connectivity index (χ4v) is 4.40. The summed E-state index contributed by atoms with van der Waals surface area (Å²) < 4.78 is 10.8. The maximum Gasteiger partial charge on any atom is 0.293 e. The molecule has 1 saturated heterocycles. The number of hydrogen-bond acceptors (Lipinski definition) is 6. The van der Waals surface area contributed by atoms with E-state index in [9.17, 15) is 14.4 Å². The monoisotopic (exact) mass is 508 g/mol. The molecule has 0 saturated carbocycles. The van der Waals surface area contributed by atoms with E-state index in [0.717, 1.165) is 22.9 Å². The second kappa shape index (κ2) is 11.1. The molecular formula is C26H21ClN2O5S. The van der Waals surface area contributed by atoms with Crippen molar-refractivity contribution >= 4 is 52.2 Å². The van der Waals surface area contributed by atoms with Gasteiger partial charge in [-0.1, -0.05) is 48.0 Å². The third-order valence-electron chi connectivity index (χ3n) is 5.03. The molecular weight excluding hydrogens is 488 g/mol. The number of imide groups is 1. The van der Waals surface area contributed by atoms with E-state index in [1.807, 2.05) is 12.1 Å². The Kier molecular flexibility index (Phi) is 7.74. The SMILES string of the molecule is COc1ccccc1NC(=O)COc1ccc(/C=C2\SC(=O)N(Cc3cccc(Cl)c3)C2=O)cc1. The lowest BCUT2D eigenvalue weighted by molar-refractivity contribution is -0.123. The number of anilines is 1. The van der Waals surface area contributed by atoms with Gasteiger partial charge in [0.05, 0.1) is 24.2 Å². The van der Waals surface area contributed by atoms with Crippen molar-refractivity contribution in [1.29, 1.82) is 0 Å². The summed E-state index contributed by atoms with van der Waals surface area (Å²) in [5.74, 6) is 0.369. The molecule has 1 fully saturated rings. The molecule has 1 N–H and O–H groups in total. The van der Waals surface area contributed by atoms with Gasteiger partial charge in [0.1, 0.15) is 11.5 Å². The highest BCUT2D eigenvalue weighted by Gasteiger charge is 2.35. The molecule has 3 amide bonds. The summed E-state index contributed by atoms with van der Waals surface area (Å²) in [6.45, 7) is -0.0218. The molecule has 0 radical (unpaired) electrons. The fraction of sp³-hybridized carbons (Fsp3) is 0.115. The number of thioether (sulfide) groups is 1. The Bertz CT molecular complexity index is 1290. The van der Waals surface area contributed by atoms with Gasteiger partial charge in [-0.05, 0) is 65.4 Å². The first-order valence-corrected chi connectivity index (χ1v) is 11.8. The standard InChI is InChI=1S/C26H21ClN2O5S/c1-33-22-8-3-2-7-21(22)28-24(30)16-34-20-11-9-17(10-12-20)14-23-25(31)29(26(32)35-23)15-18-5-4-6-19(27)13-18/h2-14H,15-16H2,1H3,(H,28,30)/b23-14-. The van der Waals surface area contributed by atoms with Crippen molar-refractivity contribution in [2.24, 2.45) is 0 Å². The smallest absolute Gasteiger partial charge is 0.293 e. The number of halogens is 1. The number of methoxy groups -OCH3 is 1. The van der Waals surface area contributed by atoms with Gasteiger partial charge in [-0.3, -0.25) is 19.3 Å². The molecule has 0 atom stereocenters. The summed E-state index contributed by atoms with van der Waals surface area (Å²) in [5.41, 5.74) is 2.06. The highest BCUT2D eigenvalue weighted by atomic mass is 35.5. The van der Waals surface area contributed by atoms with Crippen molar-refractivity contribution < 1.29 is 23.9 Å². The highest BCUT2D eigenvalue weighted by Crippen LogP contribution is 2.33. The highest BCUT2D eigenvalue weighted by molar-refractivity contribution is 8.18. The van der Waals surface area contributed by atoms with Crippen LogP contribution < -0.4 is 14.8 Å². The molecule has 7 nitrogen and oxygen atoms in total. The van der Waals surface area contributed by atoms with Crippen LogP contribution in [0.15, 0.2) is 77.7 Å². The number of benzene rings is 3. The van der Waals surface area contributed by atoms with E-state index in [1.54, 1.807) is 66.7 Å². The first kappa shape index (κ1) is 24.4. The number of nitrogens with zero attached hydrogens (tertiary/aromatic N) is 1. The molecule has 0 aromatic heterocycles. The van der Waals surface area contributed by atoms with Crippen LogP contribution in [0.2, 0.25) is 5.02 Å². The predicted octanol–water partition coefficient (Wildman–Crippen LogP) is 5.60. The Morgan fingerprint density at radius 3 is 2.57 bits per heavy atom. The van der Waals surface area contributed by atoms with E-state index in [4.69, 9.17) is 21.1 Å². The van der Waals surface area contributed by atoms with Gasteiger partial charge < -0.3 is 14.8 Å². The number of hydrogen-bond donors (Lipinski definition) is 1. The van der Waals surface area contributed by atoms with Crippen molar-refractivity contribution in [3.05, 3.63) is 93.9 Å². The van der Waals surface area contributed by atoms with E-state index in [1.165, 1.54) is 12.0 Å². The van der Waals surface area contributed by atoms with Gasteiger partial charge in [0.25, 0.3) is 17.1 Å². The van der Waals surface area contributed by atoms with Crippen LogP contribution in [0.4, 0.5) is 10.5 Å². The molecule has 1 heterocycles. The van der Waals surface area contributed by atoms with Crippen LogP contribution in [0.5, 0.6) is 11.5 Å². The van der Waals surface area contributed by atoms with Crippen molar-refractivity contribution in [2.75, 3.05) is 19.0 Å². The second-order valence-corrected chi connectivity index (χ2v) is 8.93. The van der Waals surface area contributed by atoms with E-state index in [-0.39, 0.29) is 30.2 Å². The molecule has 1 aliphatic rings. The van der Waals surface area contributed by atoms with Gasteiger partial charge in [0.15, 0.2) is 6.61 Å². The minimum absolute atomic E-state index is 0.159. The molecule has 178 valence electrons. The Labute approximate surface area is 211 Å². The van der Waals surface area contributed by atoms with Crippen molar-refractivity contribution in [2.45, 2.75) is 6.54 Å². The number of carbonyl (C=O) groups is 3. The third-order valence-corrected chi connectivity index (χ3v) is 6.17. The lowest BCUT2D eigenvalue weighted by atomic mass is 10.2. The normalized spacial score (nSPS) is 14.3. The Morgan fingerprint density at radius 2 is 1.83 bits per heavy atom. The van der Waals surface area contributed by atoms with Crippen molar-refractivity contribution in [1.82, 2.24) is 4.90 Å². The number of carbonyl (C=O) groups excluding carboxylic acids is 3. The minimum atomic E-state index is -0.353. The zero-order valence-electron chi connectivity index (χ0n) is 18.7. The Hall–Kier alpha value is -3.75. The molecule has 0 aliphatic carbocycles. The summed E-state index contributed by atoms with van der Waals surface area (Å²) in [7, 11) is 1.53. The lowest BCUT2D eigenvalue weighted by Crippen LogP contribution is -2.27. The van der Waals surface area contributed by atoms with Gasteiger partial charge in [-0.15, -0.1) is 0 Å². The topological polar surface area (TPSA) is 84.9 Å². The average Bonchev–Trinajstić information content (AvgIpc) is 3.11. The Morgan fingerprint density at radius 1 is 1.06 bits per heavy atom. The average molecular weight is 509 g/mol. The zero-order chi connectivity index (χ0) is 24.8. The van der Waals surface area contributed by atoms with Crippen LogP contribution in [-0.2, 0) is 16.1 Å². The first-order chi connectivity index (χ1) is 16.9. The van der Waals surface area contributed by atoms with Gasteiger partial charge in [0.2, 0.25) is 0 Å². The molecule has 0 bridgehead atoms. The maximum absolute atomic E-state index is 12.8. The number of ether oxygens (including phenoxy) is 2. The summed E-state index contributed by atoms with van der Waals surface area (Å²) in [6.07, 6.45) is 1.65. The fourth-order valence-electron chi connectivity index (χ4n) is 3.35. The van der Waals surface area contributed by atoms with Crippen LogP contribution in [0.3, 0.4) is 0 Å². The van der Waals surface area contributed by atoms with Gasteiger partial charge in [-0.2, -0.15) is 0 Å². The third kappa shape index (κ3) is 6.23. The molecule has 0 unspecified atom stereocenters. The quantitative estimate of drug-likeness (QED) is 0.398. The molecule has 4 rings (SSSR count). The van der Waals surface area contributed by atoms with Gasteiger partial charge in [-0.25, -0.2) is 0 Å². The maximum atomic E-state index is 12.8. The molecule has 0 spiro atoms. The van der Waals surface area contributed by atoms with Crippen LogP contribution in [-0.4, -0.2) is 35.7 Å². The Balaban J connectivity index is 1.34. The van der Waals surface area contributed by atoms with Crippen molar-refractivity contribution in [3.8, 4) is 11.5 Å². The van der Waals surface area contributed by atoms with E-state index >= 15 is 0 Å². The molecule has 3 aromatic rings. The molecule has 3 aromatic carbocycles. The summed E-state index contributed by atoms with van der Waals surface area (Å²) in [5, 5.41) is 2.96. The largest absolute Gasteiger partial charge is 0.495 e. The molecule has 9 heteroatoms.